The lowest BCUT2D eigenvalue weighted by molar-refractivity contribution is 0.0595. The highest BCUT2D eigenvalue weighted by molar-refractivity contribution is 5.94. The van der Waals surface area contributed by atoms with E-state index >= 15 is 0 Å². The Morgan fingerprint density at radius 1 is 0.929 bits per heavy atom. The van der Waals surface area contributed by atoms with Gasteiger partial charge in [0.2, 0.25) is 0 Å². The number of hydrogen-bond acceptors (Lipinski definition) is 3. The van der Waals surface area contributed by atoms with Gasteiger partial charge >= 0.3 is 0 Å². The summed E-state index contributed by atoms with van der Waals surface area (Å²) in [4.78, 5) is 31.5. The van der Waals surface area contributed by atoms with Crippen LogP contribution in [0.15, 0.2) is 71.8 Å². The molecule has 2 bridgehead atoms. The Labute approximate surface area is 163 Å². The van der Waals surface area contributed by atoms with Crippen molar-refractivity contribution in [1.29, 1.82) is 0 Å². The zero-order valence-corrected chi connectivity index (χ0v) is 15.5. The van der Waals surface area contributed by atoms with E-state index in [-0.39, 0.29) is 17.4 Å². The number of amides is 1. The van der Waals surface area contributed by atoms with Crippen LogP contribution < -0.4 is 5.56 Å². The molecule has 2 aromatic heterocycles. The minimum absolute atomic E-state index is 0.0464. The number of benzene rings is 1. The van der Waals surface area contributed by atoms with Gasteiger partial charge in [-0.3, -0.25) is 14.6 Å². The molecule has 2 aliphatic rings. The van der Waals surface area contributed by atoms with Gasteiger partial charge in [-0.2, -0.15) is 0 Å². The second-order valence-corrected chi connectivity index (χ2v) is 7.69. The zero-order chi connectivity index (χ0) is 19.1. The number of pyridine rings is 2. The molecule has 0 spiro atoms. The minimum Gasteiger partial charge on any atom is -0.338 e. The van der Waals surface area contributed by atoms with Gasteiger partial charge in [-0.15, -0.1) is 0 Å². The summed E-state index contributed by atoms with van der Waals surface area (Å²) in [5.74, 6) is 0.522. The van der Waals surface area contributed by atoms with Gasteiger partial charge in [-0.1, -0.05) is 30.3 Å². The van der Waals surface area contributed by atoms with Crippen molar-refractivity contribution in [2.24, 2.45) is 5.92 Å². The number of hydrogen-bond donors (Lipinski definition) is 0. The zero-order valence-electron chi connectivity index (χ0n) is 15.5. The van der Waals surface area contributed by atoms with Crippen LogP contribution in [0.4, 0.5) is 0 Å². The van der Waals surface area contributed by atoms with Gasteiger partial charge < -0.3 is 9.47 Å². The van der Waals surface area contributed by atoms with Crippen molar-refractivity contribution >= 4 is 5.91 Å². The van der Waals surface area contributed by atoms with E-state index in [1.807, 2.05) is 33.7 Å². The van der Waals surface area contributed by atoms with E-state index in [1.54, 1.807) is 30.6 Å². The van der Waals surface area contributed by atoms with Crippen LogP contribution in [0.5, 0.6) is 0 Å². The van der Waals surface area contributed by atoms with Crippen LogP contribution in [-0.4, -0.2) is 33.4 Å². The Morgan fingerprint density at radius 3 is 2.50 bits per heavy atom. The highest BCUT2D eigenvalue weighted by Crippen LogP contribution is 2.40. The standard InChI is InChI=1S/C23H21N3O2/c27-21-7-6-20(17-4-2-1-3-5-17)22-19-12-16(14-26(21)22)13-25(15-19)23(28)18-8-10-24-11-9-18/h1-11,16,19H,12-15H2/t16-,19+/m0/s1. The first kappa shape index (κ1) is 16.9. The minimum atomic E-state index is 0.0464. The van der Waals surface area contributed by atoms with Crippen molar-refractivity contribution in [2.75, 3.05) is 13.1 Å². The number of aromatic nitrogens is 2. The largest absolute Gasteiger partial charge is 0.338 e. The lowest BCUT2D eigenvalue weighted by Gasteiger charge is -2.43. The maximum absolute atomic E-state index is 13.0. The molecule has 28 heavy (non-hydrogen) atoms. The summed E-state index contributed by atoms with van der Waals surface area (Å²) in [7, 11) is 0. The van der Waals surface area contributed by atoms with Gasteiger partial charge in [0.1, 0.15) is 0 Å². The number of fused-ring (bicyclic) bond motifs is 4. The number of carbonyl (C=O) groups is 1. The summed E-state index contributed by atoms with van der Waals surface area (Å²) in [5, 5.41) is 0. The van der Waals surface area contributed by atoms with E-state index < -0.39 is 0 Å². The molecule has 0 aliphatic carbocycles. The molecule has 4 heterocycles. The highest BCUT2D eigenvalue weighted by atomic mass is 16.2. The van der Waals surface area contributed by atoms with E-state index in [2.05, 4.69) is 17.1 Å². The van der Waals surface area contributed by atoms with Crippen LogP contribution >= 0.6 is 0 Å². The van der Waals surface area contributed by atoms with E-state index in [1.165, 1.54) is 0 Å². The topological polar surface area (TPSA) is 55.2 Å². The molecule has 1 saturated heterocycles. The lowest BCUT2D eigenvalue weighted by Crippen LogP contribution is -2.49. The maximum Gasteiger partial charge on any atom is 0.253 e. The third kappa shape index (κ3) is 2.83. The molecule has 0 saturated carbocycles. The molecule has 5 heteroatoms. The number of rotatable bonds is 2. The predicted octanol–water partition coefficient (Wildman–Crippen LogP) is 3.17. The van der Waals surface area contributed by atoms with Crippen molar-refractivity contribution in [3.8, 4) is 11.1 Å². The van der Waals surface area contributed by atoms with Crippen LogP contribution in [0.25, 0.3) is 11.1 Å². The van der Waals surface area contributed by atoms with Gasteiger partial charge in [0.25, 0.3) is 11.5 Å². The molecule has 140 valence electrons. The fraction of sp³-hybridized carbons (Fsp3) is 0.261. The lowest BCUT2D eigenvalue weighted by atomic mass is 9.80. The first-order chi connectivity index (χ1) is 13.7. The molecule has 3 aromatic rings. The van der Waals surface area contributed by atoms with Gasteiger partial charge in [0, 0.05) is 60.8 Å². The summed E-state index contributed by atoms with van der Waals surface area (Å²) < 4.78 is 1.94. The fourth-order valence-corrected chi connectivity index (χ4v) is 4.72. The molecule has 2 atom stereocenters. The van der Waals surface area contributed by atoms with Gasteiger partial charge in [-0.25, -0.2) is 0 Å². The van der Waals surface area contributed by atoms with Gasteiger partial charge in [-0.05, 0) is 36.1 Å². The Hall–Kier alpha value is -3.21. The Bertz CT molecular complexity index is 1080. The molecule has 5 rings (SSSR count). The average Bonchev–Trinajstić information content (AvgIpc) is 2.75. The predicted molar refractivity (Wildman–Crippen MR) is 107 cm³/mol. The van der Waals surface area contributed by atoms with Crippen molar-refractivity contribution in [1.82, 2.24) is 14.5 Å². The Morgan fingerprint density at radius 2 is 1.71 bits per heavy atom. The molecule has 1 amide bonds. The fourth-order valence-electron chi connectivity index (χ4n) is 4.72. The van der Waals surface area contributed by atoms with Crippen LogP contribution in [0.2, 0.25) is 0 Å². The summed E-state index contributed by atoms with van der Waals surface area (Å²) in [6, 6.07) is 17.3. The molecule has 1 fully saturated rings. The van der Waals surface area contributed by atoms with Crippen LogP contribution in [0.1, 0.15) is 28.4 Å². The first-order valence-electron chi connectivity index (χ1n) is 9.69. The van der Waals surface area contributed by atoms with Crippen molar-refractivity contribution in [3.63, 3.8) is 0 Å². The smallest absolute Gasteiger partial charge is 0.253 e. The number of nitrogens with zero attached hydrogens (tertiary/aromatic N) is 3. The monoisotopic (exact) mass is 371 g/mol. The highest BCUT2D eigenvalue weighted by Gasteiger charge is 2.38. The van der Waals surface area contributed by atoms with Crippen LogP contribution in [0.3, 0.4) is 0 Å². The second kappa shape index (κ2) is 6.75. The summed E-state index contributed by atoms with van der Waals surface area (Å²) in [6.45, 7) is 2.01. The molecular formula is C23H21N3O2. The number of piperidine rings is 1. The van der Waals surface area contributed by atoms with Gasteiger partial charge in [0.15, 0.2) is 0 Å². The van der Waals surface area contributed by atoms with Crippen molar-refractivity contribution in [3.05, 3.63) is 88.6 Å². The summed E-state index contributed by atoms with van der Waals surface area (Å²) in [6.07, 6.45) is 4.32. The molecule has 1 aromatic carbocycles. The van der Waals surface area contributed by atoms with Crippen molar-refractivity contribution < 1.29 is 4.79 Å². The Balaban J connectivity index is 1.55. The quantitative estimate of drug-likeness (QED) is 0.695. The molecule has 0 radical (unpaired) electrons. The summed E-state index contributed by atoms with van der Waals surface area (Å²) >= 11 is 0. The molecular weight excluding hydrogens is 350 g/mol. The van der Waals surface area contributed by atoms with Crippen LogP contribution in [-0.2, 0) is 6.54 Å². The third-order valence-corrected chi connectivity index (χ3v) is 5.89. The molecule has 2 aliphatic heterocycles. The Kier molecular flexibility index (Phi) is 4.08. The van der Waals surface area contributed by atoms with Crippen LogP contribution in [0, 0.1) is 5.92 Å². The normalized spacial score (nSPS) is 20.5. The van der Waals surface area contributed by atoms with E-state index in [4.69, 9.17) is 0 Å². The van der Waals surface area contributed by atoms with E-state index in [0.717, 1.165) is 23.2 Å². The van der Waals surface area contributed by atoms with E-state index in [0.29, 0.717) is 31.1 Å². The van der Waals surface area contributed by atoms with Crippen molar-refractivity contribution in [2.45, 2.75) is 18.9 Å². The first-order valence-corrected chi connectivity index (χ1v) is 9.69. The SMILES string of the molecule is O=C(c1ccncc1)N1C[C@@H]2C[C@H](C1)c1c(-c3ccccc3)ccc(=O)n1C2. The number of likely N-dealkylation sites (tertiary alicyclic amines) is 1. The second-order valence-electron chi connectivity index (χ2n) is 7.69. The third-order valence-electron chi connectivity index (χ3n) is 5.89. The molecule has 5 nitrogen and oxygen atoms in total. The average molecular weight is 371 g/mol. The summed E-state index contributed by atoms with van der Waals surface area (Å²) in [5.41, 5.74) is 4.01. The molecule has 0 N–H and O–H groups in total. The van der Waals surface area contributed by atoms with E-state index in [9.17, 15) is 9.59 Å². The maximum atomic E-state index is 13.0. The van der Waals surface area contributed by atoms with Gasteiger partial charge in [0.05, 0.1) is 0 Å². The molecule has 0 unspecified atom stereocenters. The number of carbonyl (C=O) groups excluding carboxylic acids is 1.